The lowest BCUT2D eigenvalue weighted by Gasteiger charge is -2.11. The van der Waals surface area contributed by atoms with E-state index in [0.717, 1.165) is 0 Å². The summed E-state index contributed by atoms with van der Waals surface area (Å²) in [6.07, 6.45) is -0.250. The quantitative estimate of drug-likeness (QED) is 0.812. The molecule has 0 aliphatic heterocycles. The lowest BCUT2D eigenvalue weighted by atomic mass is 10.1. The van der Waals surface area contributed by atoms with Gasteiger partial charge in [0.1, 0.15) is 11.6 Å². The van der Waals surface area contributed by atoms with Crippen LogP contribution in [-0.4, -0.2) is 25.6 Å². The van der Waals surface area contributed by atoms with Crippen LogP contribution in [0.2, 0.25) is 5.02 Å². The van der Waals surface area contributed by atoms with Crippen molar-refractivity contribution in [1.29, 1.82) is 0 Å². The standard InChI is InChI=1S/C17H15ClFNO4/c1-23-15-7-6-12(18)9-14(15)20-16(21)10-24-17(22)8-11-4-2-3-5-13(11)19/h2-7,9H,8,10H2,1H3,(H,20,21). The number of methoxy groups -OCH3 is 1. The number of hydrogen-bond acceptors (Lipinski definition) is 4. The van der Waals surface area contributed by atoms with Crippen LogP contribution in [0.3, 0.4) is 0 Å². The van der Waals surface area contributed by atoms with Crippen molar-refractivity contribution < 1.29 is 23.5 Å². The Balaban J connectivity index is 1.88. The first-order valence-corrected chi connectivity index (χ1v) is 7.40. The molecular weight excluding hydrogens is 337 g/mol. The fourth-order valence-corrected chi connectivity index (χ4v) is 2.13. The maximum Gasteiger partial charge on any atom is 0.310 e. The van der Waals surface area contributed by atoms with Gasteiger partial charge < -0.3 is 14.8 Å². The number of amides is 1. The molecule has 24 heavy (non-hydrogen) atoms. The van der Waals surface area contributed by atoms with E-state index in [4.69, 9.17) is 21.1 Å². The molecule has 1 amide bonds. The molecule has 2 aromatic rings. The summed E-state index contributed by atoms with van der Waals surface area (Å²) in [7, 11) is 1.45. The summed E-state index contributed by atoms with van der Waals surface area (Å²) in [5.41, 5.74) is 0.569. The maximum atomic E-state index is 13.4. The highest BCUT2D eigenvalue weighted by Crippen LogP contribution is 2.27. The van der Waals surface area contributed by atoms with E-state index in [1.54, 1.807) is 18.2 Å². The molecule has 2 rings (SSSR count). The van der Waals surface area contributed by atoms with Crippen LogP contribution in [0.1, 0.15) is 5.56 Å². The Morgan fingerprint density at radius 3 is 2.67 bits per heavy atom. The molecule has 0 atom stereocenters. The third-order valence-corrected chi connectivity index (χ3v) is 3.33. The monoisotopic (exact) mass is 351 g/mol. The van der Waals surface area contributed by atoms with E-state index in [1.807, 2.05) is 0 Å². The second-order valence-corrected chi connectivity index (χ2v) is 5.26. The topological polar surface area (TPSA) is 64.6 Å². The number of anilines is 1. The van der Waals surface area contributed by atoms with Gasteiger partial charge in [0.15, 0.2) is 6.61 Å². The number of hydrogen-bond donors (Lipinski definition) is 1. The largest absolute Gasteiger partial charge is 0.495 e. The summed E-state index contributed by atoms with van der Waals surface area (Å²) in [6, 6.07) is 10.6. The van der Waals surface area contributed by atoms with Gasteiger partial charge in [-0.2, -0.15) is 0 Å². The highest BCUT2D eigenvalue weighted by atomic mass is 35.5. The average Bonchev–Trinajstić information content (AvgIpc) is 2.55. The smallest absolute Gasteiger partial charge is 0.310 e. The number of carbonyl (C=O) groups excluding carboxylic acids is 2. The number of nitrogens with one attached hydrogen (secondary N) is 1. The number of esters is 1. The Labute approximate surface area is 143 Å². The molecule has 0 bridgehead atoms. The molecule has 2 aromatic carbocycles. The Morgan fingerprint density at radius 2 is 1.96 bits per heavy atom. The van der Waals surface area contributed by atoms with Crippen molar-refractivity contribution in [1.82, 2.24) is 0 Å². The maximum absolute atomic E-state index is 13.4. The van der Waals surface area contributed by atoms with Crippen LogP contribution in [0.5, 0.6) is 5.75 Å². The first-order chi connectivity index (χ1) is 11.5. The number of rotatable bonds is 6. The zero-order valence-electron chi connectivity index (χ0n) is 12.8. The van der Waals surface area contributed by atoms with Gasteiger partial charge in [0, 0.05) is 5.02 Å². The second-order valence-electron chi connectivity index (χ2n) is 4.82. The molecule has 5 nitrogen and oxygen atoms in total. The predicted molar refractivity (Wildman–Crippen MR) is 87.7 cm³/mol. The number of benzene rings is 2. The van der Waals surface area contributed by atoms with Crippen molar-refractivity contribution in [3.63, 3.8) is 0 Å². The van der Waals surface area contributed by atoms with E-state index in [1.165, 1.54) is 31.4 Å². The molecule has 0 spiro atoms. The molecule has 0 unspecified atom stereocenters. The Hall–Kier alpha value is -2.60. The van der Waals surface area contributed by atoms with Crippen LogP contribution in [-0.2, 0) is 20.7 Å². The fourth-order valence-electron chi connectivity index (χ4n) is 1.96. The summed E-state index contributed by atoms with van der Waals surface area (Å²) in [5, 5.41) is 2.95. The van der Waals surface area contributed by atoms with Crippen molar-refractivity contribution in [2.75, 3.05) is 19.0 Å². The van der Waals surface area contributed by atoms with Gasteiger partial charge in [-0.25, -0.2) is 4.39 Å². The van der Waals surface area contributed by atoms with Crippen molar-refractivity contribution in [3.05, 3.63) is 58.9 Å². The van der Waals surface area contributed by atoms with Crippen molar-refractivity contribution in [2.24, 2.45) is 0 Å². The molecule has 0 fully saturated rings. The van der Waals surface area contributed by atoms with Crippen molar-refractivity contribution in [3.8, 4) is 5.75 Å². The van der Waals surface area contributed by atoms with Crippen LogP contribution in [0, 0.1) is 5.82 Å². The van der Waals surface area contributed by atoms with E-state index in [-0.39, 0.29) is 12.0 Å². The van der Waals surface area contributed by atoms with Crippen LogP contribution in [0.15, 0.2) is 42.5 Å². The van der Waals surface area contributed by atoms with E-state index in [0.29, 0.717) is 16.5 Å². The van der Waals surface area contributed by atoms with Gasteiger partial charge in [0.05, 0.1) is 19.2 Å². The van der Waals surface area contributed by atoms with Gasteiger partial charge >= 0.3 is 5.97 Å². The van der Waals surface area contributed by atoms with E-state index in [2.05, 4.69) is 5.32 Å². The van der Waals surface area contributed by atoms with Gasteiger partial charge in [0.2, 0.25) is 0 Å². The van der Waals surface area contributed by atoms with Crippen molar-refractivity contribution >= 4 is 29.2 Å². The third-order valence-electron chi connectivity index (χ3n) is 3.09. The molecule has 1 N–H and O–H groups in total. The lowest BCUT2D eigenvalue weighted by molar-refractivity contribution is -0.146. The zero-order chi connectivity index (χ0) is 17.5. The lowest BCUT2D eigenvalue weighted by Crippen LogP contribution is -2.22. The number of halogens is 2. The molecule has 126 valence electrons. The minimum atomic E-state index is -0.701. The van der Waals surface area contributed by atoms with Crippen LogP contribution >= 0.6 is 11.6 Å². The van der Waals surface area contributed by atoms with Crippen LogP contribution < -0.4 is 10.1 Å². The van der Waals surface area contributed by atoms with E-state index in [9.17, 15) is 14.0 Å². The number of ether oxygens (including phenoxy) is 2. The van der Waals surface area contributed by atoms with Gasteiger partial charge in [-0.3, -0.25) is 9.59 Å². The molecule has 0 aromatic heterocycles. The normalized spacial score (nSPS) is 10.1. The first kappa shape index (κ1) is 17.7. The Morgan fingerprint density at radius 1 is 1.21 bits per heavy atom. The zero-order valence-corrected chi connectivity index (χ0v) is 13.6. The minimum absolute atomic E-state index is 0.208. The predicted octanol–water partition coefficient (Wildman–Crippen LogP) is 3.21. The third kappa shape index (κ3) is 4.96. The molecular formula is C17H15ClFNO4. The van der Waals surface area contributed by atoms with Crippen LogP contribution in [0.25, 0.3) is 0 Å². The highest BCUT2D eigenvalue weighted by molar-refractivity contribution is 6.31. The van der Waals surface area contributed by atoms with Crippen LogP contribution in [0.4, 0.5) is 10.1 Å². The molecule has 0 radical (unpaired) electrons. The first-order valence-electron chi connectivity index (χ1n) is 7.02. The van der Waals surface area contributed by atoms with Gasteiger partial charge in [-0.05, 0) is 29.8 Å². The molecule has 0 aliphatic rings. The van der Waals surface area contributed by atoms with E-state index >= 15 is 0 Å². The SMILES string of the molecule is COc1ccc(Cl)cc1NC(=O)COC(=O)Cc1ccccc1F. The number of carbonyl (C=O) groups is 2. The summed E-state index contributed by atoms with van der Waals surface area (Å²) < 4.78 is 23.4. The van der Waals surface area contributed by atoms with Gasteiger partial charge in [-0.15, -0.1) is 0 Å². The summed E-state index contributed by atoms with van der Waals surface area (Å²) >= 11 is 5.86. The summed E-state index contributed by atoms with van der Waals surface area (Å²) in [4.78, 5) is 23.5. The molecule has 0 saturated carbocycles. The van der Waals surface area contributed by atoms with Crippen molar-refractivity contribution in [2.45, 2.75) is 6.42 Å². The second kappa shape index (κ2) is 8.31. The molecule has 0 saturated heterocycles. The molecule has 0 heterocycles. The average molecular weight is 352 g/mol. The molecule has 0 aliphatic carbocycles. The van der Waals surface area contributed by atoms with E-state index < -0.39 is 24.3 Å². The van der Waals surface area contributed by atoms with Gasteiger partial charge in [-0.1, -0.05) is 29.8 Å². The summed E-state index contributed by atoms with van der Waals surface area (Å²) in [5.74, 6) is -1.33. The summed E-state index contributed by atoms with van der Waals surface area (Å²) in [6.45, 7) is -0.497. The Bertz CT molecular complexity index is 751. The Kier molecular flexibility index (Phi) is 6.14. The fraction of sp³-hybridized carbons (Fsp3) is 0.176. The minimum Gasteiger partial charge on any atom is -0.495 e. The highest BCUT2D eigenvalue weighted by Gasteiger charge is 2.13. The van der Waals surface area contributed by atoms with Gasteiger partial charge in [0.25, 0.3) is 5.91 Å². The molecule has 7 heteroatoms.